The third-order valence-corrected chi connectivity index (χ3v) is 5.80. The lowest BCUT2D eigenvalue weighted by Crippen LogP contribution is -2.29. The first-order valence-electron chi connectivity index (χ1n) is 9.23. The number of anilines is 1. The van der Waals surface area contributed by atoms with Crippen molar-refractivity contribution in [3.63, 3.8) is 0 Å². The Morgan fingerprint density at radius 2 is 1.69 bits per heavy atom. The number of aromatic amines is 1. The Hall–Kier alpha value is -2.26. The van der Waals surface area contributed by atoms with Crippen LogP contribution in [0.5, 0.6) is 0 Å². The predicted molar refractivity (Wildman–Crippen MR) is 111 cm³/mol. The van der Waals surface area contributed by atoms with Crippen molar-refractivity contribution in [2.24, 2.45) is 0 Å². The average Bonchev–Trinajstić information content (AvgIpc) is 2.67. The van der Waals surface area contributed by atoms with E-state index >= 15 is 0 Å². The van der Waals surface area contributed by atoms with Gasteiger partial charge in [-0.2, -0.15) is 0 Å². The highest BCUT2D eigenvalue weighted by Gasteiger charge is 2.14. The third kappa shape index (κ3) is 3.01. The van der Waals surface area contributed by atoms with Crippen LogP contribution in [0.2, 0.25) is 5.02 Å². The molecule has 3 aromatic rings. The molecule has 3 nitrogen and oxygen atoms in total. The van der Waals surface area contributed by atoms with E-state index in [0.29, 0.717) is 10.4 Å². The highest BCUT2D eigenvalue weighted by molar-refractivity contribution is 6.32. The summed E-state index contributed by atoms with van der Waals surface area (Å²) in [7, 11) is 0. The smallest absolute Gasteiger partial charge is 0.192 e. The van der Waals surface area contributed by atoms with E-state index in [4.69, 9.17) is 11.6 Å². The van der Waals surface area contributed by atoms with Crippen LogP contribution < -0.4 is 10.3 Å². The summed E-state index contributed by atoms with van der Waals surface area (Å²) in [6.45, 7) is 6.09. The van der Waals surface area contributed by atoms with Crippen LogP contribution in [0.1, 0.15) is 30.4 Å². The Balaban J connectivity index is 1.77. The molecule has 1 aromatic heterocycles. The Kier molecular flexibility index (Phi) is 4.49. The van der Waals surface area contributed by atoms with Crippen LogP contribution in [-0.4, -0.2) is 18.1 Å². The zero-order chi connectivity index (χ0) is 18.3. The molecule has 0 saturated carbocycles. The fourth-order valence-corrected chi connectivity index (χ4v) is 3.96. The molecule has 0 spiro atoms. The molecule has 0 atom stereocenters. The van der Waals surface area contributed by atoms with Crippen molar-refractivity contribution >= 4 is 28.2 Å². The number of piperidine rings is 1. The topological polar surface area (TPSA) is 36.1 Å². The van der Waals surface area contributed by atoms with Crippen LogP contribution in [0.4, 0.5) is 5.69 Å². The highest BCUT2D eigenvalue weighted by Crippen LogP contribution is 2.28. The van der Waals surface area contributed by atoms with Gasteiger partial charge in [0.15, 0.2) is 5.43 Å². The SMILES string of the molecule is Cc1cc2[nH]c(-c3ccc(N4CCCCC4)cc3)c(C)c(=O)c2cc1Cl. The average molecular weight is 367 g/mol. The van der Waals surface area contributed by atoms with E-state index < -0.39 is 0 Å². The summed E-state index contributed by atoms with van der Waals surface area (Å²) >= 11 is 6.20. The summed E-state index contributed by atoms with van der Waals surface area (Å²) in [5, 5.41) is 1.27. The van der Waals surface area contributed by atoms with Crippen LogP contribution in [0.3, 0.4) is 0 Å². The first-order chi connectivity index (χ1) is 12.5. The van der Waals surface area contributed by atoms with Gasteiger partial charge in [-0.3, -0.25) is 4.79 Å². The van der Waals surface area contributed by atoms with Gasteiger partial charge in [0.1, 0.15) is 0 Å². The number of hydrogen-bond donors (Lipinski definition) is 1. The van der Waals surface area contributed by atoms with Crippen molar-refractivity contribution < 1.29 is 0 Å². The minimum absolute atomic E-state index is 0.0377. The summed E-state index contributed by atoms with van der Waals surface area (Å²) in [5.41, 5.74) is 5.74. The molecule has 1 fully saturated rings. The number of nitrogens with one attached hydrogen (secondary N) is 1. The quantitative estimate of drug-likeness (QED) is 0.654. The number of pyridine rings is 1. The van der Waals surface area contributed by atoms with Crippen LogP contribution in [0, 0.1) is 13.8 Å². The first-order valence-corrected chi connectivity index (χ1v) is 9.60. The molecule has 4 heteroatoms. The van der Waals surface area contributed by atoms with E-state index in [1.165, 1.54) is 24.9 Å². The molecule has 26 heavy (non-hydrogen) atoms. The minimum Gasteiger partial charge on any atom is -0.372 e. The molecule has 1 N–H and O–H groups in total. The van der Waals surface area contributed by atoms with Gasteiger partial charge in [0.05, 0.1) is 11.2 Å². The standard InChI is InChI=1S/C22H23ClN2O/c1-14-12-20-18(13-19(14)23)22(26)15(2)21(24-20)16-6-8-17(9-7-16)25-10-4-3-5-11-25/h6-9,12-13H,3-5,10-11H2,1-2H3,(H,24,26). The van der Waals surface area contributed by atoms with E-state index in [1.807, 2.05) is 19.9 Å². The zero-order valence-corrected chi connectivity index (χ0v) is 16.0. The number of nitrogens with zero attached hydrogens (tertiary/aromatic N) is 1. The van der Waals surface area contributed by atoms with Crippen molar-refractivity contribution in [2.45, 2.75) is 33.1 Å². The summed E-state index contributed by atoms with van der Waals surface area (Å²) in [6.07, 6.45) is 3.86. The van der Waals surface area contributed by atoms with Crippen molar-refractivity contribution in [1.82, 2.24) is 4.98 Å². The maximum absolute atomic E-state index is 12.8. The molecule has 1 aliphatic rings. The minimum atomic E-state index is 0.0377. The van der Waals surface area contributed by atoms with Crippen LogP contribution in [0.25, 0.3) is 22.2 Å². The van der Waals surface area contributed by atoms with Crippen molar-refractivity contribution in [3.05, 3.63) is 62.8 Å². The normalized spacial score (nSPS) is 14.8. The third-order valence-electron chi connectivity index (χ3n) is 5.40. The molecule has 0 bridgehead atoms. The van der Waals surface area contributed by atoms with Crippen LogP contribution >= 0.6 is 11.6 Å². The highest BCUT2D eigenvalue weighted by atomic mass is 35.5. The van der Waals surface area contributed by atoms with Gasteiger partial charge in [0, 0.05) is 34.7 Å². The maximum Gasteiger partial charge on any atom is 0.192 e. The number of rotatable bonds is 2. The number of benzene rings is 2. The second-order valence-electron chi connectivity index (χ2n) is 7.20. The Morgan fingerprint density at radius 3 is 2.38 bits per heavy atom. The lowest BCUT2D eigenvalue weighted by atomic mass is 10.0. The fraction of sp³-hybridized carbons (Fsp3) is 0.318. The molecule has 0 aliphatic carbocycles. The monoisotopic (exact) mass is 366 g/mol. The van der Waals surface area contributed by atoms with Gasteiger partial charge in [-0.15, -0.1) is 0 Å². The lowest BCUT2D eigenvalue weighted by molar-refractivity contribution is 0.578. The molecular formula is C22H23ClN2O. The van der Waals surface area contributed by atoms with E-state index in [0.717, 1.165) is 41.0 Å². The van der Waals surface area contributed by atoms with E-state index in [9.17, 15) is 4.79 Å². The zero-order valence-electron chi connectivity index (χ0n) is 15.2. The van der Waals surface area contributed by atoms with E-state index in [-0.39, 0.29) is 5.43 Å². The Labute approximate surface area is 158 Å². The molecule has 2 heterocycles. The molecule has 0 amide bonds. The summed E-state index contributed by atoms with van der Waals surface area (Å²) < 4.78 is 0. The van der Waals surface area contributed by atoms with Gasteiger partial charge in [-0.25, -0.2) is 0 Å². The molecule has 0 unspecified atom stereocenters. The molecule has 1 saturated heterocycles. The lowest BCUT2D eigenvalue weighted by Gasteiger charge is -2.28. The van der Waals surface area contributed by atoms with Gasteiger partial charge in [0.2, 0.25) is 0 Å². The molecule has 134 valence electrons. The van der Waals surface area contributed by atoms with Gasteiger partial charge in [-0.1, -0.05) is 23.7 Å². The molecule has 1 aliphatic heterocycles. The maximum atomic E-state index is 12.8. The van der Waals surface area contributed by atoms with Crippen LogP contribution in [0.15, 0.2) is 41.2 Å². The summed E-state index contributed by atoms with van der Waals surface area (Å²) in [5.74, 6) is 0. The molecular weight excluding hydrogens is 344 g/mol. The van der Waals surface area contributed by atoms with Crippen molar-refractivity contribution in [2.75, 3.05) is 18.0 Å². The second-order valence-corrected chi connectivity index (χ2v) is 7.60. The number of hydrogen-bond acceptors (Lipinski definition) is 2. The summed E-state index contributed by atoms with van der Waals surface area (Å²) in [4.78, 5) is 18.7. The Bertz CT molecular complexity index is 1010. The predicted octanol–water partition coefficient (Wildman–Crippen LogP) is 5.46. The largest absolute Gasteiger partial charge is 0.372 e. The molecule has 0 radical (unpaired) electrons. The van der Waals surface area contributed by atoms with Crippen molar-refractivity contribution in [1.29, 1.82) is 0 Å². The van der Waals surface area contributed by atoms with Gasteiger partial charge >= 0.3 is 0 Å². The first kappa shape index (κ1) is 17.2. The van der Waals surface area contributed by atoms with Gasteiger partial charge < -0.3 is 9.88 Å². The second kappa shape index (κ2) is 6.81. The van der Waals surface area contributed by atoms with E-state index in [2.05, 4.69) is 34.1 Å². The number of halogens is 1. The fourth-order valence-electron chi connectivity index (χ4n) is 3.80. The Morgan fingerprint density at radius 1 is 1.00 bits per heavy atom. The number of aryl methyl sites for hydroxylation is 1. The van der Waals surface area contributed by atoms with Crippen molar-refractivity contribution in [3.8, 4) is 11.3 Å². The number of aromatic nitrogens is 1. The summed E-state index contributed by atoms with van der Waals surface area (Å²) in [6, 6.07) is 12.3. The van der Waals surface area contributed by atoms with E-state index in [1.54, 1.807) is 6.07 Å². The van der Waals surface area contributed by atoms with Crippen LogP contribution in [-0.2, 0) is 0 Å². The molecule has 2 aromatic carbocycles. The number of H-pyrrole nitrogens is 1. The number of fused-ring (bicyclic) bond motifs is 1. The molecule has 4 rings (SSSR count). The van der Waals surface area contributed by atoms with Gasteiger partial charge in [0.25, 0.3) is 0 Å². The van der Waals surface area contributed by atoms with Gasteiger partial charge in [-0.05, 0) is 68.5 Å².